The van der Waals surface area contributed by atoms with Crippen molar-refractivity contribution in [3.63, 3.8) is 0 Å². The Hall–Kier alpha value is -2.49. The van der Waals surface area contributed by atoms with Gasteiger partial charge in [-0.2, -0.15) is 4.31 Å². The Balaban J connectivity index is 1.53. The predicted octanol–water partition coefficient (Wildman–Crippen LogP) is 3.10. The quantitative estimate of drug-likeness (QED) is 0.615. The lowest BCUT2D eigenvalue weighted by Gasteiger charge is -2.32. The Morgan fingerprint density at radius 2 is 2.00 bits per heavy atom. The second-order valence-corrected chi connectivity index (χ2v) is 11.3. The van der Waals surface area contributed by atoms with Gasteiger partial charge in [0.2, 0.25) is 5.91 Å². The predicted molar refractivity (Wildman–Crippen MR) is 120 cm³/mol. The highest BCUT2D eigenvalue weighted by Gasteiger charge is 2.35. The number of aryl methyl sites for hydroxylation is 2. The first-order valence-electron chi connectivity index (χ1n) is 10.3. The Bertz CT molecular complexity index is 1150. The summed E-state index contributed by atoms with van der Waals surface area (Å²) in [4.78, 5) is 18.6. The van der Waals surface area contributed by atoms with Crippen molar-refractivity contribution in [3.05, 3.63) is 71.1 Å². The molecule has 2 atom stereocenters. The third-order valence-corrected chi connectivity index (χ3v) is 8.93. The molecule has 0 spiro atoms. The van der Waals surface area contributed by atoms with E-state index >= 15 is 0 Å². The summed E-state index contributed by atoms with van der Waals surface area (Å²) >= 11 is 1.26. The van der Waals surface area contributed by atoms with Gasteiger partial charge in [-0.15, -0.1) is 11.3 Å². The summed E-state index contributed by atoms with van der Waals surface area (Å²) in [6, 6.07) is 12.7. The highest BCUT2D eigenvalue weighted by Crippen LogP contribution is 2.29. The van der Waals surface area contributed by atoms with Crippen LogP contribution in [0.5, 0.6) is 0 Å². The van der Waals surface area contributed by atoms with Crippen LogP contribution in [-0.4, -0.2) is 41.3 Å². The highest BCUT2D eigenvalue weighted by molar-refractivity contribution is 7.91. The summed E-state index contributed by atoms with van der Waals surface area (Å²) in [5.41, 5.74) is 0.930. The fraction of sp³-hybridized carbons (Fsp3) is 0.364. The largest absolute Gasteiger partial charge is 0.342 e. The lowest BCUT2D eigenvalue weighted by Crippen LogP contribution is -2.46. The van der Waals surface area contributed by atoms with E-state index in [9.17, 15) is 13.2 Å². The number of benzene rings is 1. The molecule has 1 aliphatic heterocycles. The normalized spacial score (nSPS) is 18.6. The monoisotopic (exact) mass is 458 g/mol. The minimum atomic E-state index is -3.58. The number of carbonyl (C=O) groups is 1. The first-order chi connectivity index (χ1) is 14.9. The van der Waals surface area contributed by atoms with Gasteiger partial charge in [-0.25, -0.2) is 13.4 Å². The molecular weight excluding hydrogens is 432 g/mol. The maximum atomic E-state index is 13.2. The number of hydrogen-bond donors (Lipinski definition) is 1. The lowest BCUT2D eigenvalue weighted by molar-refractivity contribution is -0.126. The summed E-state index contributed by atoms with van der Waals surface area (Å²) in [7, 11) is -1.69. The molecule has 2 aromatic heterocycles. The first-order valence-corrected chi connectivity index (χ1v) is 12.5. The molecule has 1 fully saturated rings. The van der Waals surface area contributed by atoms with Crippen LogP contribution in [-0.2, 0) is 21.9 Å². The molecule has 9 heteroatoms. The summed E-state index contributed by atoms with van der Waals surface area (Å²) in [5.74, 6) is 0.170. The second kappa shape index (κ2) is 8.94. The summed E-state index contributed by atoms with van der Waals surface area (Å²) in [6.45, 7) is 2.51. The minimum absolute atomic E-state index is 0.154. The van der Waals surface area contributed by atoms with E-state index in [0.717, 1.165) is 16.3 Å². The number of carbonyl (C=O) groups excluding carboxylic acids is 1. The fourth-order valence-electron chi connectivity index (χ4n) is 3.91. The van der Waals surface area contributed by atoms with Crippen LogP contribution in [0.15, 0.2) is 59.1 Å². The Morgan fingerprint density at radius 1 is 1.23 bits per heavy atom. The molecule has 1 saturated heterocycles. The average molecular weight is 459 g/mol. The van der Waals surface area contributed by atoms with E-state index in [1.165, 1.54) is 15.6 Å². The number of sulfonamides is 1. The van der Waals surface area contributed by atoms with Crippen molar-refractivity contribution < 1.29 is 13.2 Å². The van der Waals surface area contributed by atoms with Crippen LogP contribution in [0.25, 0.3) is 0 Å². The standard InChI is InChI=1S/C22H26N4O3S2/c1-16-10-11-19(30-16)31(28,29)26-13-6-9-18(15-26)22(27)24-20(17-7-4-3-5-8-17)21-23-12-14-25(21)2/h3-5,7-8,10-12,14,18,20H,6,9,13,15H2,1-2H3,(H,24,27)/t18-,20-/m1/s1. The molecular formula is C22H26N4O3S2. The van der Waals surface area contributed by atoms with Gasteiger partial charge in [0.25, 0.3) is 10.0 Å². The van der Waals surface area contributed by atoms with Crippen molar-refractivity contribution >= 4 is 27.3 Å². The first kappa shape index (κ1) is 21.7. The molecule has 0 aliphatic carbocycles. The summed E-state index contributed by atoms with van der Waals surface area (Å²) in [5, 5.41) is 3.12. The highest BCUT2D eigenvalue weighted by atomic mass is 32.2. The van der Waals surface area contributed by atoms with Crippen LogP contribution >= 0.6 is 11.3 Å². The van der Waals surface area contributed by atoms with Crippen molar-refractivity contribution in [3.8, 4) is 0 Å². The third kappa shape index (κ3) is 4.58. The lowest BCUT2D eigenvalue weighted by atomic mass is 9.97. The zero-order valence-electron chi connectivity index (χ0n) is 17.6. The molecule has 164 valence electrons. The van der Waals surface area contributed by atoms with Gasteiger partial charge in [-0.3, -0.25) is 4.79 Å². The van der Waals surface area contributed by atoms with E-state index < -0.39 is 22.0 Å². The van der Waals surface area contributed by atoms with E-state index in [0.29, 0.717) is 23.6 Å². The number of aromatic nitrogens is 2. The van der Waals surface area contributed by atoms with Gasteiger partial charge in [0.1, 0.15) is 16.1 Å². The summed E-state index contributed by atoms with van der Waals surface area (Å²) < 4.78 is 29.7. The van der Waals surface area contributed by atoms with Gasteiger partial charge < -0.3 is 9.88 Å². The molecule has 1 aliphatic rings. The zero-order chi connectivity index (χ0) is 22.0. The van der Waals surface area contributed by atoms with Crippen LogP contribution in [0.2, 0.25) is 0 Å². The van der Waals surface area contributed by atoms with E-state index in [1.807, 2.05) is 61.1 Å². The van der Waals surface area contributed by atoms with Crippen LogP contribution < -0.4 is 5.32 Å². The van der Waals surface area contributed by atoms with E-state index in [1.54, 1.807) is 12.3 Å². The molecule has 0 bridgehead atoms. The Labute approximate surface area is 186 Å². The number of imidazole rings is 1. The number of hydrogen-bond acceptors (Lipinski definition) is 5. The molecule has 0 unspecified atom stereocenters. The maximum absolute atomic E-state index is 13.2. The number of nitrogens with one attached hydrogen (secondary N) is 1. The zero-order valence-corrected chi connectivity index (χ0v) is 19.2. The molecule has 1 aromatic carbocycles. The second-order valence-electron chi connectivity index (χ2n) is 7.82. The molecule has 7 nitrogen and oxygen atoms in total. The van der Waals surface area contributed by atoms with E-state index in [4.69, 9.17) is 0 Å². The van der Waals surface area contributed by atoms with Gasteiger partial charge >= 0.3 is 0 Å². The number of nitrogens with zero attached hydrogens (tertiary/aromatic N) is 3. The van der Waals surface area contributed by atoms with Crippen molar-refractivity contribution in [2.45, 2.75) is 30.0 Å². The smallest absolute Gasteiger partial charge is 0.252 e. The molecule has 0 radical (unpaired) electrons. The van der Waals surface area contributed by atoms with Gasteiger partial charge in [-0.1, -0.05) is 30.3 Å². The minimum Gasteiger partial charge on any atom is -0.342 e. The summed E-state index contributed by atoms with van der Waals surface area (Å²) in [6.07, 6.45) is 4.86. The fourth-order valence-corrected chi connectivity index (χ4v) is 6.87. The van der Waals surface area contributed by atoms with Gasteiger partial charge in [0, 0.05) is 37.4 Å². The molecule has 4 rings (SSSR count). The van der Waals surface area contributed by atoms with Gasteiger partial charge in [0.05, 0.1) is 5.92 Å². The van der Waals surface area contributed by atoms with Crippen LogP contribution in [0.1, 0.15) is 35.1 Å². The van der Waals surface area contributed by atoms with Crippen LogP contribution in [0, 0.1) is 12.8 Å². The van der Waals surface area contributed by atoms with Gasteiger partial charge in [0.15, 0.2) is 0 Å². The molecule has 31 heavy (non-hydrogen) atoms. The molecule has 3 aromatic rings. The van der Waals surface area contributed by atoms with Crippen molar-refractivity contribution in [1.82, 2.24) is 19.2 Å². The van der Waals surface area contributed by atoms with Gasteiger partial charge in [-0.05, 0) is 37.5 Å². The Morgan fingerprint density at radius 3 is 2.65 bits per heavy atom. The number of thiophene rings is 1. The SMILES string of the molecule is Cc1ccc(S(=O)(=O)N2CCC[C@@H](C(=O)N[C@H](c3ccccc3)c3nccn3C)C2)s1. The van der Waals surface area contributed by atoms with Crippen LogP contribution in [0.3, 0.4) is 0 Å². The van der Waals surface area contributed by atoms with E-state index in [2.05, 4.69) is 10.3 Å². The number of rotatable bonds is 6. The van der Waals surface area contributed by atoms with Crippen molar-refractivity contribution in [2.24, 2.45) is 13.0 Å². The molecule has 1 amide bonds. The number of amides is 1. The van der Waals surface area contributed by atoms with Crippen LogP contribution in [0.4, 0.5) is 0 Å². The molecule has 1 N–H and O–H groups in total. The molecule has 3 heterocycles. The Kier molecular flexibility index (Phi) is 6.27. The third-order valence-electron chi connectivity index (χ3n) is 5.60. The van der Waals surface area contributed by atoms with E-state index in [-0.39, 0.29) is 12.5 Å². The maximum Gasteiger partial charge on any atom is 0.252 e. The topological polar surface area (TPSA) is 84.3 Å². The van der Waals surface area contributed by atoms with Crippen molar-refractivity contribution in [2.75, 3.05) is 13.1 Å². The number of piperidine rings is 1. The molecule has 0 saturated carbocycles. The average Bonchev–Trinajstić information content (AvgIpc) is 3.41. The van der Waals surface area contributed by atoms with Crippen molar-refractivity contribution in [1.29, 1.82) is 0 Å².